The first-order valence-corrected chi connectivity index (χ1v) is 16.0. The van der Waals surface area contributed by atoms with Gasteiger partial charge in [-0.1, -0.05) is 0 Å². The van der Waals surface area contributed by atoms with Gasteiger partial charge in [0.15, 0.2) is 0 Å². The number of sulfonamides is 1. The van der Waals surface area contributed by atoms with E-state index in [4.69, 9.17) is 4.74 Å². The normalized spacial score (nSPS) is 16.0. The summed E-state index contributed by atoms with van der Waals surface area (Å²) in [4.78, 5) is 25.2. The predicted molar refractivity (Wildman–Crippen MR) is 168 cm³/mol. The molecule has 0 saturated carbocycles. The van der Waals surface area contributed by atoms with Crippen LogP contribution >= 0.6 is 0 Å². The fourth-order valence-corrected chi connectivity index (χ4v) is 6.40. The number of phenols is 1. The molecule has 0 radical (unpaired) electrons. The van der Waals surface area contributed by atoms with E-state index in [2.05, 4.69) is 25.6 Å². The number of nitrogens with one attached hydrogen (secondary N) is 4. The van der Waals surface area contributed by atoms with Crippen molar-refractivity contribution >= 4 is 44.6 Å². The van der Waals surface area contributed by atoms with Gasteiger partial charge in [-0.3, -0.25) is 14.3 Å². The Hall–Kier alpha value is -4.33. The maximum atomic E-state index is 12.8. The van der Waals surface area contributed by atoms with Crippen LogP contribution in [0.3, 0.4) is 0 Å². The minimum Gasteiger partial charge on any atom is -0.506 e. The van der Waals surface area contributed by atoms with Gasteiger partial charge in [0.2, 0.25) is 11.8 Å². The minimum atomic E-state index is -3.78. The average molecular weight is 624 g/mol. The maximum Gasteiger partial charge on any atom is 0.261 e. The van der Waals surface area contributed by atoms with Gasteiger partial charge in [0.25, 0.3) is 10.0 Å². The van der Waals surface area contributed by atoms with Crippen molar-refractivity contribution in [2.75, 3.05) is 46.5 Å². The Morgan fingerprint density at radius 3 is 2.39 bits per heavy atom. The average Bonchev–Trinajstić information content (AvgIpc) is 3.00. The first kappa shape index (κ1) is 31.1. The zero-order valence-electron chi connectivity index (χ0n) is 24.4. The number of benzene rings is 3. The van der Waals surface area contributed by atoms with Crippen molar-refractivity contribution in [1.82, 2.24) is 5.32 Å². The highest BCUT2D eigenvalue weighted by atomic mass is 32.2. The molecule has 2 heterocycles. The summed E-state index contributed by atoms with van der Waals surface area (Å²) in [5.41, 5.74) is 3.07. The minimum absolute atomic E-state index is 0.00219. The van der Waals surface area contributed by atoms with Gasteiger partial charge in [0.1, 0.15) is 24.2 Å². The van der Waals surface area contributed by atoms with Gasteiger partial charge in [0, 0.05) is 61.6 Å². The molecule has 2 amide bonds. The third-order valence-electron chi connectivity index (χ3n) is 7.65. The number of piperidine rings is 1. The number of phenolic OH excluding ortho intramolecular Hbond substituents is 1. The summed E-state index contributed by atoms with van der Waals surface area (Å²) in [5.74, 6) is 0.160. The SMILES string of the molecule is CC(=O)Nc1ccc(S(=O)(=O)Nc2ccc(N3CCC(NC[C@H](O)COc4ccc(O)c5c4CCC(=O)N5)CC3)cc2)cc1. The van der Waals surface area contributed by atoms with E-state index in [1.807, 2.05) is 12.1 Å². The van der Waals surface area contributed by atoms with Crippen LogP contribution in [-0.2, 0) is 26.0 Å². The Kier molecular flexibility index (Phi) is 9.57. The molecular formula is C31H37N5O7S. The molecule has 2 aliphatic rings. The molecule has 1 atom stereocenters. The lowest BCUT2D eigenvalue weighted by Crippen LogP contribution is -2.45. The Balaban J connectivity index is 1.05. The summed E-state index contributed by atoms with van der Waals surface area (Å²) in [6.45, 7) is 3.45. The van der Waals surface area contributed by atoms with Gasteiger partial charge in [-0.05, 0) is 79.9 Å². The van der Waals surface area contributed by atoms with Crippen molar-refractivity contribution in [1.29, 1.82) is 0 Å². The molecule has 0 spiro atoms. The fraction of sp³-hybridized carbons (Fsp3) is 0.355. The largest absolute Gasteiger partial charge is 0.506 e. The standard InChI is InChI=1S/C31H37N5O7S/c1-20(37)33-22-4-8-26(9-5-22)44(41,42)35-23-2-6-24(7-3-23)36-16-14-21(15-17-36)32-18-25(38)19-43-29-12-11-28(39)31-27(29)10-13-30(40)34-31/h2-9,11-12,21,25,32,35,38-39H,10,13-19H2,1H3,(H,33,37)(H,34,40)/t25-/m0/s1. The molecule has 1 fully saturated rings. The number of anilines is 4. The zero-order chi connectivity index (χ0) is 31.3. The van der Waals surface area contributed by atoms with Crippen LogP contribution in [0.2, 0.25) is 0 Å². The van der Waals surface area contributed by atoms with Crippen molar-refractivity contribution in [3.63, 3.8) is 0 Å². The van der Waals surface area contributed by atoms with E-state index in [-0.39, 0.29) is 35.1 Å². The topological polar surface area (TPSA) is 169 Å². The van der Waals surface area contributed by atoms with Gasteiger partial charge in [0.05, 0.1) is 10.6 Å². The van der Waals surface area contributed by atoms with Crippen LogP contribution in [0.15, 0.2) is 65.6 Å². The number of hydrogen-bond acceptors (Lipinski definition) is 9. The smallest absolute Gasteiger partial charge is 0.261 e. The Bertz CT molecular complexity index is 1590. The highest BCUT2D eigenvalue weighted by Crippen LogP contribution is 2.38. The summed E-state index contributed by atoms with van der Waals surface area (Å²) in [7, 11) is -3.78. The molecule has 5 rings (SSSR count). The molecule has 6 N–H and O–H groups in total. The molecular weight excluding hydrogens is 586 g/mol. The van der Waals surface area contributed by atoms with Gasteiger partial charge < -0.3 is 35.8 Å². The molecule has 0 bridgehead atoms. The molecule has 12 nitrogen and oxygen atoms in total. The number of ether oxygens (including phenoxy) is 1. The van der Waals surface area contributed by atoms with Crippen LogP contribution in [0.4, 0.5) is 22.7 Å². The molecule has 0 aliphatic carbocycles. The Morgan fingerprint density at radius 2 is 1.70 bits per heavy atom. The number of nitrogens with zero attached hydrogens (tertiary/aromatic N) is 1. The second-order valence-electron chi connectivity index (χ2n) is 11.0. The van der Waals surface area contributed by atoms with E-state index in [0.717, 1.165) is 37.2 Å². The summed E-state index contributed by atoms with van der Waals surface area (Å²) in [6.07, 6.45) is 1.80. The highest BCUT2D eigenvalue weighted by Gasteiger charge is 2.23. The second kappa shape index (κ2) is 13.5. The number of rotatable bonds is 11. The van der Waals surface area contributed by atoms with Crippen LogP contribution in [0.25, 0.3) is 0 Å². The molecule has 3 aromatic carbocycles. The molecule has 0 unspecified atom stereocenters. The third kappa shape index (κ3) is 7.78. The number of amides is 2. The van der Waals surface area contributed by atoms with Crippen LogP contribution < -0.4 is 30.3 Å². The first-order chi connectivity index (χ1) is 21.1. The van der Waals surface area contributed by atoms with Crippen LogP contribution in [0.1, 0.15) is 31.7 Å². The first-order valence-electron chi connectivity index (χ1n) is 14.5. The molecule has 234 valence electrons. The van der Waals surface area contributed by atoms with Crippen molar-refractivity contribution in [3.8, 4) is 11.5 Å². The third-order valence-corrected chi connectivity index (χ3v) is 9.05. The number of hydrogen-bond donors (Lipinski definition) is 6. The van der Waals surface area contributed by atoms with Crippen molar-refractivity contribution < 1.29 is 33.0 Å². The van der Waals surface area contributed by atoms with Gasteiger partial charge in [-0.25, -0.2) is 8.42 Å². The van der Waals surface area contributed by atoms with E-state index in [9.17, 15) is 28.2 Å². The van der Waals surface area contributed by atoms with Gasteiger partial charge in [-0.15, -0.1) is 0 Å². The number of carbonyl (C=O) groups excluding carboxylic acids is 2. The Morgan fingerprint density at radius 1 is 1.02 bits per heavy atom. The van der Waals surface area contributed by atoms with Crippen LogP contribution in [-0.4, -0.2) is 68.8 Å². The lowest BCUT2D eigenvalue weighted by Gasteiger charge is -2.34. The lowest BCUT2D eigenvalue weighted by molar-refractivity contribution is -0.116. The molecule has 1 saturated heterocycles. The van der Waals surface area contributed by atoms with E-state index >= 15 is 0 Å². The van der Waals surface area contributed by atoms with E-state index in [1.54, 1.807) is 30.3 Å². The molecule has 2 aliphatic heterocycles. The summed E-state index contributed by atoms with van der Waals surface area (Å²) in [5, 5.41) is 29.3. The summed E-state index contributed by atoms with van der Waals surface area (Å²) < 4.78 is 34.0. The number of aliphatic hydroxyl groups is 1. The number of carbonyl (C=O) groups is 2. The molecule has 3 aromatic rings. The maximum absolute atomic E-state index is 12.8. The van der Waals surface area contributed by atoms with Crippen molar-refractivity contribution in [2.45, 2.75) is 49.6 Å². The van der Waals surface area contributed by atoms with E-state index < -0.39 is 16.1 Å². The van der Waals surface area contributed by atoms with E-state index in [1.165, 1.54) is 25.1 Å². The van der Waals surface area contributed by atoms with Crippen molar-refractivity contribution in [2.24, 2.45) is 0 Å². The fourth-order valence-electron chi connectivity index (χ4n) is 5.34. The van der Waals surface area contributed by atoms with E-state index in [0.29, 0.717) is 42.2 Å². The predicted octanol–water partition coefficient (Wildman–Crippen LogP) is 3.03. The van der Waals surface area contributed by atoms with Gasteiger partial charge in [-0.2, -0.15) is 0 Å². The quantitative estimate of drug-likeness (QED) is 0.176. The monoisotopic (exact) mass is 623 g/mol. The van der Waals surface area contributed by atoms with Gasteiger partial charge >= 0.3 is 0 Å². The second-order valence-corrected chi connectivity index (χ2v) is 12.7. The number of aliphatic hydroxyl groups excluding tert-OH is 1. The molecule has 13 heteroatoms. The van der Waals surface area contributed by atoms with Crippen LogP contribution in [0.5, 0.6) is 11.5 Å². The summed E-state index contributed by atoms with van der Waals surface area (Å²) in [6, 6.07) is 16.6. The zero-order valence-corrected chi connectivity index (χ0v) is 25.2. The number of aromatic hydroxyl groups is 1. The van der Waals surface area contributed by atoms with Crippen LogP contribution in [0, 0.1) is 0 Å². The number of fused-ring (bicyclic) bond motifs is 1. The molecule has 44 heavy (non-hydrogen) atoms. The summed E-state index contributed by atoms with van der Waals surface area (Å²) >= 11 is 0. The molecule has 0 aromatic heterocycles. The Labute approximate surface area is 256 Å². The van der Waals surface area contributed by atoms with Crippen molar-refractivity contribution in [3.05, 3.63) is 66.2 Å². The highest BCUT2D eigenvalue weighted by molar-refractivity contribution is 7.92. The lowest BCUT2D eigenvalue weighted by atomic mass is 10.0.